The number of para-hydroxylation sites is 2. The number of carbonyl (C=O) groups is 2. The lowest BCUT2D eigenvalue weighted by molar-refractivity contribution is 0.0970. The topological polar surface area (TPSA) is 70.7 Å². The Morgan fingerprint density at radius 3 is 2.39 bits per heavy atom. The molecule has 0 saturated heterocycles. The molecular formula is C24H23N3O3S. The van der Waals surface area contributed by atoms with Crippen molar-refractivity contribution >= 4 is 40.5 Å². The first kappa shape index (κ1) is 22.0. The van der Waals surface area contributed by atoms with Crippen LogP contribution in [0.4, 0.5) is 11.4 Å². The zero-order chi connectivity index (χ0) is 22.2. The Bertz CT molecular complexity index is 1090. The average Bonchev–Trinajstić information content (AvgIpc) is 2.80. The van der Waals surface area contributed by atoms with Crippen LogP contribution in [-0.4, -0.2) is 30.6 Å². The number of benzene rings is 3. The van der Waals surface area contributed by atoms with Gasteiger partial charge in [-0.15, -0.1) is 0 Å². The average molecular weight is 434 g/mol. The number of carbonyl (C=O) groups excluding carboxylic acids is 2. The summed E-state index contributed by atoms with van der Waals surface area (Å²) < 4.78 is 5.21. The number of ether oxygens (including phenoxy) is 1. The van der Waals surface area contributed by atoms with Crippen LogP contribution in [0.25, 0.3) is 0 Å². The van der Waals surface area contributed by atoms with Crippen LogP contribution in [0, 0.1) is 0 Å². The van der Waals surface area contributed by atoms with Crippen LogP contribution >= 0.6 is 12.2 Å². The molecule has 0 saturated carbocycles. The lowest BCUT2D eigenvalue weighted by Gasteiger charge is -2.21. The summed E-state index contributed by atoms with van der Waals surface area (Å²) in [6.45, 7) is 2.46. The fourth-order valence-electron chi connectivity index (χ4n) is 3.10. The number of rotatable bonds is 6. The molecule has 0 fully saturated rings. The van der Waals surface area contributed by atoms with E-state index in [1.807, 2.05) is 37.3 Å². The third-order valence-corrected chi connectivity index (χ3v) is 4.78. The summed E-state index contributed by atoms with van der Waals surface area (Å²) in [5, 5.41) is 5.72. The Morgan fingerprint density at radius 1 is 0.968 bits per heavy atom. The third kappa shape index (κ3) is 5.46. The molecule has 2 amide bonds. The number of hydrogen-bond acceptors (Lipinski definition) is 4. The van der Waals surface area contributed by atoms with Crippen LogP contribution in [0.2, 0.25) is 0 Å². The molecule has 0 radical (unpaired) electrons. The second kappa shape index (κ2) is 10.4. The maximum absolute atomic E-state index is 13.0. The molecule has 0 atom stereocenters. The molecule has 7 heteroatoms. The van der Waals surface area contributed by atoms with Crippen molar-refractivity contribution in [3.63, 3.8) is 0 Å². The molecule has 0 aliphatic carbocycles. The van der Waals surface area contributed by atoms with Crippen LogP contribution < -0.4 is 20.3 Å². The van der Waals surface area contributed by atoms with Crippen LogP contribution in [0.15, 0.2) is 78.9 Å². The minimum atomic E-state index is -0.386. The first-order valence-corrected chi connectivity index (χ1v) is 10.2. The van der Waals surface area contributed by atoms with Gasteiger partial charge in [0.25, 0.3) is 11.8 Å². The van der Waals surface area contributed by atoms with Crippen LogP contribution in [0.1, 0.15) is 27.6 Å². The van der Waals surface area contributed by atoms with Gasteiger partial charge in [0.15, 0.2) is 5.11 Å². The summed E-state index contributed by atoms with van der Waals surface area (Å²) in [6, 6.07) is 23.4. The van der Waals surface area contributed by atoms with E-state index < -0.39 is 0 Å². The Labute approximate surface area is 186 Å². The molecule has 0 aliphatic heterocycles. The van der Waals surface area contributed by atoms with Gasteiger partial charge in [-0.25, -0.2) is 0 Å². The van der Waals surface area contributed by atoms with Crippen molar-refractivity contribution in [1.82, 2.24) is 5.32 Å². The monoisotopic (exact) mass is 433 g/mol. The molecule has 3 aromatic carbocycles. The van der Waals surface area contributed by atoms with E-state index in [0.717, 1.165) is 5.69 Å². The minimum absolute atomic E-state index is 0.121. The quantitative estimate of drug-likeness (QED) is 0.561. The summed E-state index contributed by atoms with van der Waals surface area (Å²) >= 11 is 5.27. The second-order valence-corrected chi connectivity index (χ2v) is 6.98. The highest BCUT2D eigenvalue weighted by molar-refractivity contribution is 7.80. The van der Waals surface area contributed by atoms with Gasteiger partial charge in [0.1, 0.15) is 5.75 Å². The fourth-order valence-corrected chi connectivity index (χ4v) is 3.31. The van der Waals surface area contributed by atoms with Crippen LogP contribution in [0.5, 0.6) is 5.75 Å². The van der Waals surface area contributed by atoms with E-state index in [1.54, 1.807) is 53.4 Å². The number of amides is 2. The normalized spacial score (nSPS) is 10.1. The van der Waals surface area contributed by atoms with Crippen LogP contribution in [-0.2, 0) is 0 Å². The maximum Gasteiger partial charge on any atom is 0.261 e. The van der Waals surface area contributed by atoms with Gasteiger partial charge in [0.2, 0.25) is 0 Å². The standard InChI is InChI=1S/C24H23N3O3S/c1-3-27(19-12-5-4-6-13-19)23(29)17-10-9-11-18(16-17)25-24(31)26-22(28)20-14-7-8-15-21(20)30-2/h4-16H,3H2,1-2H3,(H2,25,26,28,31). The number of methoxy groups -OCH3 is 1. The summed E-state index contributed by atoms with van der Waals surface area (Å²) in [4.78, 5) is 27.2. The van der Waals surface area contributed by atoms with Crippen molar-refractivity contribution in [1.29, 1.82) is 0 Å². The highest BCUT2D eigenvalue weighted by Gasteiger charge is 2.17. The first-order valence-electron chi connectivity index (χ1n) is 9.75. The Kier molecular flexibility index (Phi) is 7.35. The molecule has 0 spiro atoms. The predicted octanol–water partition coefficient (Wildman–Crippen LogP) is 4.49. The van der Waals surface area contributed by atoms with Crippen molar-refractivity contribution < 1.29 is 14.3 Å². The molecular weight excluding hydrogens is 410 g/mol. The van der Waals surface area contributed by atoms with Crippen molar-refractivity contribution in [3.8, 4) is 5.75 Å². The van der Waals surface area contributed by atoms with E-state index in [0.29, 0.717) is 29.1 Å². The minimum Gasteiger partial charge on any atom is -0.496 e. The molecule has 0 unspecified atom stereocenters. The first-order chi connectivity index (χ1) is 15.0. The lowest BCUT2D eigenvalue weighted by atomic mass is 10.1. The van der Waals surface area contributed by atoms with E-state index in [2.05, 4.69) is 10.6 Å². The zero-order valence-corrected chi connectivity index (χ0v) is 18.1. The number of nitrogens with one attached hydrogen (secondary N) is 2. The third-order valence-electron chi connectivity index (χ3n) is 4.58. The molecule has 0 heterocycles. The number of nitrogens with zero attached hydrogens (tertiary/aromatic N) is 1. The van der Waals surface area contributed by atoms with Gasteiger partial charge in [0, 0.05) is 23.5 Å². The summed E-state index contributed by atoms with van der Waals surface area (Å²) in [7, 11) is 1.50. The number of thiocarbonyl (C=S) groups is 1. The summed E-state index contributed by atoms with van der Waals surface area (Å²) in [5.41, 5.74) is 2.31. The smallest absolute Gasteiger partial charge is 0.261 e. The van der Waals surface area contributed by atoms with Crippen molar-refractivity contribution in [2.24, 2.45) is 0 Å². The van der Waals surface area contributed by atoms with Crippen LogP contribution in [0.3, 0.4) is 0 Å². The number of hydrogen-bond donors (Lipinski definition) is 2. The molecule has 0 bridgehead atoms. The molecule has 3 rings (SSSR count). The van der Waals surface area contributed by atoms with Gasteiger partial charge in [-0.3, -0.25) is 14.9 Å². The van der Waals surface area contributed by atoms with E-state index in [9.17, 15) is 9.59 Å². The highest BCUT2D eigenvalue weighted by Crippen LogP contribution is 2.19. The SMILES string of the molecule is CCN(C(=O)c1cccc(NC(=S)NC(=O)c2ccccc2OC)c1)c1ccccc1. The van der Waals surface area contributed by atoms with Gasteiger partial charge in [0.05, 0.1) is 12.7 Å². The van der Waals surface area contributed by atoms with Gasteiger partial charge in [-0.1, -0.05) is 36.4 Å². The largest absolute Gasteiger partial charge is 0.496 e. The van der Waals surface area contributed by atoms with Gasteiger partial charge >= 0.3 is 0 Å². The van der Waals surface area contributed by atoms with E-state index >= 15 is 0 Å². The van der Waals surface area contributed by atoms with Crippen molar-refractivity contribution in [2.75, 3.05) is 23.9 Å². The highest BCUT2D eigenvalue weighted by atomic mass is 32.1. The summed E-state index contributed by atoms with van der Waals surface area (Å²) in [6.07, 6.45) is 0. The molecule has 0 aromatic heterocycles. The molecule has 2 N–H and O–H groups in total. The van der Waals surface area contributed by atoms with Gasteiger partial charge in [-0.2, -0.15) is 0 Å². The maximum atomic E-state index is 13.0. The molecule has 6 nitrogen and oxygen atoms in total. The summed E-state index contributed by atoms with van der Waals surface area (Å²) in [5.74, 6) is -0.0549. The number of anilines is 2. The lowest BCUT2D eigenvalue weighted by Crippen LogP contribution is -2.34. The fraction of sp³-hybridized carbons (Fsp3) is 0.125. The zero-order valence-electron chi connectivity index (χ0n) is 17.3. The Hall–Kier alpha value is -3.71. The molecule has 31 heavy (non-hydrogen) atoms. The van der Waals surface area contributed by atoms with E-state index in [4.69, 9.17) is 17.0 Å². The van der Waals surface area contributed by atoms with E-state index in [-0.39, 0.29) is 16.9 Å². The van der Waals surface area contributed by atoms with Gasteiger partial charge < -0.3 is 15.0 Å². The van der Waals surface area contributed by atoms with Crippen molar-refractivity contribution in [2.45, 2.75) is 6.92 Å². The van der Waals surface area contributed by atoms with Crippen molar-refractivity contribution in [3.05, 3.63) is 90.0 Å². The van der Waals surface area contributed by atoms with E-state index in [1.165, 1.54) is 7.11 Å². The Balaban J connectivity index is 1.70. The predicted molar refractivity (Wildman–Crippen MR) is 127 cm³/mol. The molecule has 3 aromatic rings. The Morgan fingerprint density at radius 2 is 1.68 bits per heavy atom. The second-order valence-electron chi connectivity index (χ2n) is 6.57. The molecule has 158 valence electrons. The molecule has 0 aliphatic rings. The van der Waals surface area contributed by atoms with Gasteiger partial charge in [-0.05, 0) is 61.6 Å².